The second kappa shape index (κ2) is 6.26. The summed E-state index contributed by atoms with van der Waals surface area (Å²) in [5, 5.41) is 3.03. The number of ether oxygens (including phenoxy) is 1. The van der Waals surface area contributed by atoms with Gasteiger partial charge in [-0.1, -0.05) is 25.7 Å². The van der Waals surface area contributed by atoms with Crippen LogP contribution in [0.4, 0.5) is 0 Å². The Hall–Kier alpha value is -0.283. The van der Waals surface area contributed by atoms with Crippen molar-refractivity contribution >= 4 is 8.07 Å². The normalized spacial score (nSPS) is 12.3. The molecule has 0 saturated carbocycles. The van der Waals surface area contributed by atoms with Crippen molar-refractivity contribution in [3.8, 4) is 0 Å². The molecule has 0 amide bonds. The van der Waals surface area contributed by atoms with Gasteiger partial charge in [-0.3, -0.25) is 0 Å². The van der Waals surface area contributed by atoms with Crippen LogP contribution >= 0.6 is 0 Å². The number of hydrogen-bond acceptors (Lipinski definition) is 2. The zero-order chi connectivity index (χ0) is 9.45. The van der Waals surface area contributed by atoms with Crippen molar-refractivity contribution in [2.75, 3.05) is 13.3 Å². The Balaban J connectivity index is 3.11. The van der Waals surface area contributed by atoms with Gasteiger partial charge in [0.2, 0.25) is 0 Å². The highest BCUT2D eigenvalue weighted by atomic mass is 28.3. The predicted molar refractivity (Wildman–Crippen MR) is 56.9 cm³/mol. The summed E-state index contributed by atoms with van der Waals surface area (Å²) in [5.74, 6) is 0. The van der Waals surface area contributed by atoms with Crippen molar-refractivity contribution in [3.63, 3.8) is 0 Å². The van der Waals surface area contributed by atoms with E-state index in [1.165, 1.54) is 6.04 Å². The fourth-order valence-corrected chi connectivity index (χ4v) is 1.43. The molecule has 12 heavy (non-hydrogen) atoms. The molecule has 0 aliphatic heterocycles. The molecule has 0 heterocycles. The van der Waals surface area contributed by atoms with E-state index in [9.17, 15) is 0 Å². The molecule has 2 nitrogen and oxygen atoms in total. The number of hydrogen-bond donors (Lipinski definition) is 1. The molecule has 0 aromatic heterocycles. The first kappa shape index (κ1) is 11.7. The van der Waals surface area contributed by atoms with Gasteiger partial charge >= 0.3 is 0 Å². The van der Waals surface area contributed by atoms with E-state index in [-0.39, 0.29) is 0 Å². The minimum absolute atomic E-state index is 0.634. The molecule has 72 valence electrons. The lowest BCUT2D eigenvalue weighted by atomic mass is 10.7. The quantitative estimate of drug-likeness (QED) is 0.392. The highest BCUT2D eigenvalue weighted by Crippen LogP contribution is 2.06. The highest BCUT2D eigenvalue weighted by Gasteiger charge is 2.11. The molecule has 0 atom stereocenters. The summed E-state index contributed by atoms with van der Waals surface area (Å²) >= 11 is 0. The van der Waals surface area contributed by atoms with E-state index in [0.29, 0.717) is 6.73 Å². The third kappa shape index (κ3) is 9.72. The molecule has 0 fully saturated rings. The summed E-state index contributed by atoms with van der Waals surface area (Å²) in [7, 11) is -0.897. The first-order valence-corrected chi connectivity index (χ1v) is 8.19. The van der Waals surface area contributed by atoms with E-state index in [1.807, 2.05) is 19.2 Å². The van der Waals surface area contributed by atoms with E-state index in [0.717, 1.165) is 6.61 Å². The lowest BCUT2D eigenvalue weighted by Crippen LogP contribution is -2.23. The molecule has 0 bridgehead atoms. The fourth-order valence-electron chi connectivity index (χ4n) is 0.675. The van der Waals surface area contributed by atoms with Gasteiger partial charge in [0.25, 0.3) is 0 Å². The zero-order valence-electron chi connectivity index (χ0n) is 8.68. The van der Waals surface area contributed by atoms with Crippen molar-refractivity contribution in [2.45, 2.75) is 32.6 Å². The van der Waals surface area contributed by atoms with Gasteiger partial charge in [-0.05, 0) is 19.2 Å². The van der Waals surface area contributed by atoms with Crippen molar-refractivity contribution in [3.05, 3.63) is 12.3 Å². The minimum Gasteiger partial charge on any atom is -0.369 e. The van der Waals surface area contributed by atoms with Gasteiger partial charge < -0.3 is 10.1 Å². The maximum absolute atomic E-state index is 5.38. The van der Waals surface area contributed by atoms with E-state index in [2.05, 4.69) is 25.0 Å². The second-order valence-corrected chi connectivity index (χ2v) is 9.69. The number of nitrogens with one attached hydrogen (secondary N) is 1. The van der Waals surface area contributed by atoms with Gasteiger partial charge in [0.05, 0.1) is 0 Å². The standard InChI is InChI=1S/C9H21NOSi/c1-5-6-10-9-11-7-8-12(2,3)4/h5-6,10H,7-9H2,1-4H3/b6-5-. The molecule has 0 aliphatic carbocycles. The largest absolute Gasteiger partial charge is 0.369 e. The van der Waals surface area contributed by atoms with Gasteiger partial charge in [0.15, 0.2) is 0 Å². The average Bonchev–Trinajstić information content (AvgIpc) is 1.94. The number of rotatable bonds is 6. The molecule has 1 N–H and O–H groups in total. The number of allylic oxidation sites excluding steroid dienone is 1. The van der Waals surface area contributed by atoms with Crippen LogP contribution in [0.15, 0.2) is 12.3 Å². The van der Waals surface area contributed by atoms with E-state index in [4.69, 9.17) is 4.74 Å². The van der Waals surface area contributed by atoms with Crippen LogP contribution in [0, 0.1) is 0 Å². The van der Waals surface area contributed by atoms with Gasteiger partial charge in [-0.2, -0.15) is 0 Å². The molecule has 0 spiro atoms. The summed E-state index contributed by atoms with van der Waals surface area (Å²) in [6, 6.07) is 1.24. The Kier molecular flexibility index (Phi) is 6.11. The zero-order valence-corrected chi connectivity index (χ0v) is 9.68. The molecule has 0 aromatic rings. The molecule has 0 radical (unpaired) electrons. The second-order valence-electron chi connectivity index (χ2n) is 4.07. The Morgan fingerprint density at radius 3 is 2.50 bits per heavy atom. The van der Waals surface area contributed by atoms with Crippen LogP contribution in [0.5, 0.6) is 0 Å². The summed E-state index contributed by atoms with van der Waals surface area (Å²) in [4.78, 5) is 0. The predicted octanol–water partition coefficient (Wildman–Crippen LogP) is 2.42. The summed E-state index contributed by atoms with van der Waals surface area (Å²) in [6.07, 6.45) is 3.86. The molecule has 0 aliphatic rings. The van der Waals surface area contributed by atoms with E-state index >= 15 is 0 Å². The minimum atomic E-state index is -0.897. The first-order valence-electron chi connectivity index (χ1n) is 4.48. The highest BCUT2D eigenvalue weighted by molar-refractivity contribution is 6.76. The molecule has 0 aromatic carbocycles. The molecular weight excluding hydrogens is 166 g/mol. The third-order valence-electron chi connectivity index (χ3n) is 1.47. The van der Waals surface area contributed by atoms with Gasteiger partial charge in [0.1, 0.15) is 6.73 Å². The van der Waals surface area contributed by atoms with Crippen molar-refractivity contribution < 1.29 is 4.74 Å². The molecule has 0 unspecified atom stereocenters. The lowest BCUT2D eigenvalue weighted by Gasteiger charge is -2.15. The Labute approximate surface area is 77.0 Å². The Morgan fingerprint density at radius 1 is 1.33 bits per heavy atom. The van der Waals surface area contributed by atoms with Crippen LogP contribution in [0.25, 0.3) is 0 Å². The van der Waals surface area contributed by atoms with Crippen LogP contribution in [-0.2, 0) is 4.74 Å². The van der Waals surface area contributed by atoms with Crippen LogP contribution in [0.3, 0.4) is 0 Å². The average molecular weight is 187 g/mol. The molecule has 3 heteroatoms. The SMILES string of the molecule is C/C=C\NCOCC[Si](C)(C)C. The summed E-state index contributed by atoms with van der Waals surface area (Å²) in [6.45, 7) is 10.6. The molecule has 0 saturated heterocycles. The van der Waals surface area contributed by atoms with Crippen LogP contribution in [0.1, 0.15) is 6.92 Å². The van der Waals surface area contributed by atoms with Crippen molar-refractivity contribution in [1.29, 1.82) is 0 Å². The first-order chi connectivity index (χ1) is 5.56. The maximum Gasteiger partial charge on any atom is 0.116 e. The Morgan fingerprint density at radius 2 is 2.00 bits per heavy atom. The topological polar surface area (TPSA) is 21.3 Å². The summed E-state index contributed by atoms with van der Waals surface area (Å²) in [5.41, 5.74) is 0. The van der Waals surface area contributed by atoms with Gasteiger partial charge in [-0.25, -0.2) is 0 Å². The Bertz CT molecular complexity index is 129. The molecular formula is C9H21NOSi. The van der Waals surface area contributed by atoms with Crippen LogP contribution in [-0.4, -0.2) is 21.4 Å². The fraction of sp³-hybridized carbons (Fsp3) is 0.778. The summed E-state index contributed by atoms with van der Waals surface area (Å²) < 4.78 is 5.38. The smallest absolute Gasteiger partial charge is 0.116 e. The van der Waals surface area contributed by atoms with E-state index < -0.39 is 8.07 Å². The lowest BCUT2D eigenvalue weighted by molar-refractivity contribution is 0.137. The molecule has 0 rings (SSSR count). The van der Waals surface area contributed by atoms with E-state index in [1.54, 1.807) is 0 Å². The van der Waals surface area contributed by atoms with Crippen molar-refractivity contribution in [1.82, 2.24) is 5.32 Å². The monoisotopic (exact) mass is 187 g/mol. The van der Waals surface area contributed by atoms with Crippen LogP contribution in [0.2, 0.25) is 25.7 Å². The maximum atomic E-state index is 5.38. The van der Waals surface area contributed by atoms with Gasteiger partial charge in [0, 0.05) is 14.7 Å². The third-order valence-corrected chi connectivity index (χ3v) is 3.17. The van der Waals surface area contributed by atoms with Gasteiger partial charge in [-0.15, -0.1) is 0 Å². The van der Waals surface area contributed by atoms with Crippen LogP contribution < -0.4 is 5.32 Å². The van der Waals surface area contributed by atoms with Crippen molar-refractivity contribution in [2.24, 2.45) is 0 Å².